The minimum atomic E-state index is -3.92. The van der Waals surface area contributed by atoms with Gasteiger partial charge in [0.1, 0.15) is 11.6 Å². The zero-order valence-electron chi connectivity index (χ0n) is 16.7. The summed E-state index contributed by atoms with van der Waals surface area (Å²) in [5, 5.41) is 0. The molecule has 0 aliphatic heterocycles. The number of benzene rings is 3. The van der Waals surface area contributed by atoms with Gasteiger partial charge in [0.25, 0.3) is 10.0 Å². The Labute approximate surface area is 183 Å². The summed E-state index contributed by atoms with van der Waals surface area (Å²) in [5.41, 5.74) is 1.62. The van der Waals surface area contributed by atoms with Crippen LogP contribution in [0.25, 0.3) is 0 Å². The first-order valence-corrected chi connectivity index (χ1v) is 11.5. The number of methoxy groups -OCH3 is 1. The molecule has 162 valence electrons. The van der Waals surface area contributed by atoms with Crippen LogP contribution in [0.2, 0.25) is 0 Å². The van der Waals surface area contributed by atoms with E-state index in [4.69, 9.17) is 0 Å². The molecule has 0 fully saturated rings. The summed E-state index contributed by atoms with van der Waals surface area (Å²) in [7, 11) is -2.69. The van der Waals surface area contributed by atoms with E-state index in [1.165, 1.54) is 49.2 Å². The van der Waals surface area contributed by atoms with E-state index in [2.05, 4.69) is 9.46 Å². The second kappa shape index (κ2) is 9.49. The number of hydrogen-bond acceptors (Lipinski definition) is 5. The summed E-state index contributed by atoms with van der Waals surface area (Å²) in [6.45, 7) is 1.69. The molecule has 0 aliphatic rings. The number of rotatable bonds is 7. The van der Waals surface area contributed by atoms with Crippen LogP contribution >= 0.6 is 11.8 Å². The number of esters is 1. The number of aryl methyl sites for hydroxylation is 1. The van der Waals surface area contributed by atoms with E-state index >= 15 is 0 Å². The van der Waals surface area contributed by atoms with Gasteiger partial charge in [-0.25, -0.2) is 22.0 Å². The van der Waals surface area contributed by atoms with Gasteiger partial charge in [-0.15, -0.1) is 11.8 Å². The number of halogens is 2. The van der Waals surface area contributed by atoms with Crippen LogP contribution in [0, 0.1) is 18.6 Å². The van der Waals surface area contributed by atoms with Crippen molar-refractivity contribution < 1.29 is 26.7 Å². The van der Waals surface area contributed by atoms with Crippen molar-refractivity contribution in [1.82, 2.24) is 0 Å². The van der Waals surface area contributed by atoms with Gasteiger partial charge in [0, 0.05) is 22.4 Å². The molecular weight excluding hydrogens is 444 g/mol. The van der Waals surface area contributed by atoms with Gasteiger partial charge >= 0.3 is 5.97 Å². The summed E-state index contributed by atoms with van der Waals surface area (Å²) in [6, 6.07) is 14.1. The second-order valence-corrected chi connectivity index (χ2v) is 9.40. The van der Waals surface area contributed by atoms with Crippen LogP contribution in [-0.4, -0.2) is 21.5 Å². The largest absolute Gasteiger partial charge is 0.465 e. The third-order valence-electron chi connectivity index (χ3n) is 4.36. The third kappa shape index (κ3) is 5.83. The van der Waals surface area contributed by atoms with Gasteiger partial charge in [0.15, 0.2) is 0 Å². The van der Waals surface area contributed by atoms with E-state index in [0.29, 0.717) is 22.6 Å². The molecule has 3 aromatic rings. The number of carbonyl (C=O) groups excluding carboxylic acids is 1. The summed E-state index contributed by atoms with van der Waals surface area (Å²) < 4.78 is 59.1. The molecule has 0 amide bonds. The molecular formula is C22H19F2NO4S2. The summed E-state index contributed by atoms with van der Waals surface area (Å²) in [6.07, 6.45) is 0. The monoisotopic (exact) mass is 463 g/mol. The maximum Gasteiger partial charge on any atom is 0.338 e. The van der Waals surface area contributed by atoms with E-state index in [1.807, 2.05) is 0 Å². The molecule has 31 heavy (non-hydrogen) atoms. The zero-order chi connectivity index (χ0) is 22.6. The molecule has 0 saturated carbocycles. The predicted molar refractivity (Wildman–Crippen MR) is 116 cm³/mol. The summed E-state index contributed by atoms with van der Waals surface area (Å²) >= 11 is 1.36. The van der Waals surface area contributed by atoms with Crippen LogP contribution in [0.3, 0.4) is 0 Å². The molecule has 0 unspecified atom stereocenters. The lowest BCUT2D eigenvalue weighted by atomic mass is 10.1. The highest BCUT2D eigenvalue weighted by Gasteiger charge is 2.18. The molecule has 0 bridgehead atoms. The minimum absolute atomic E-state index is 0.0647. The van der Waals surface area contributed by atoms with Gasteiger partial charge in [-0.1, -0.05) is 6.07 Å². The van der Waals surface area contributed by atoms with Gasteiger partial charge in [-0.3, -0.25) is 4.72 Å². The first-order chi connectivity index (χ1) is 14.7. The lowest BCUT2D eigenvalue weighted by Gasteiger charge is -2.11. The van der Waals surface area contributed by atoms with Crippen LogP contribution in [-0.2, 0) is 20.5 Å². The van der Waals surface area contributed by atoms with Crippen molar-refractivity contribution in [1.29, 1.82) is 0 Å². The van der Waals surface area contributed by atoms with Gasteiger partial charge in [-0.2, -0.15) is 0 Å². The fourth-order valence-corrected chi connectivity index (χ4v) is 4.71. The van der Waals surface area contributed by atoms with Crippen molar-refractivity contribution in [2.45, 2.75) is 22.5 Å². The summed E-state index contributed by atoms with van der Waals surface area (Å²) in [5.74, 6) is -1.52. The van der Waals surface area contributed by atoms with Crippen LogP contribution in [0.4, 0.5) is 14.5 Å². The van der Waals surface area contributed by atoms with E-state index in [9.17, 15) is 22.0 Å². The number of sulfonamides is 1. The predicted octanol–water partition coefficient (Wildman–Crippen LogP) is 5.15. The molecule has 0 spiro atoms. The number of nitrogens with one attached hydrogen (secondary N) is 1. The van der Waals surface area contributed by atoms with Crippen LogP contribution in [0.1, 0.15) is 21.5 Å². The van der Waals surface area contributed by atoms with Crippen LogP contribution < -0.4 is 4.72 Å². The summed E-state index contributed by atoms with van der Waals surface area (Å²) in [4.78, 5) is 12.6. The number of thioether (sulfide) groups is 1. The minimum Gasteiger partial charge on any atom is -0.465 e. The SMILES string of the molecule is COC(=O)c1cc(S(=O)(=O)Nc2ccc(SCc3cc(F)cc(F)c3)cc2)ccc1C. The van der Waals surface area contributed by atoms with Crippen molar-refractivity contribution in [3.8, 4) is 0 Å². The average molecular weight is 464 g/mol. The fraction of sp³-hybridized carbons (Fsp3) is 0.136. The van der Waals surface area contributed by atoms with Crippen LogP contribution in [0.5, 0.6) is 0 Å². The Morgan fingerprint density at radius 3 is 2.26 bits per heavy atom. The Balaban J connectivity index is 1.71. The lowest BCUT2D eigenvalue weighted by Crippen LogP contribution is -2.14. The zero-order valence-corrected chi connectivity index (χ0v) is 18.3. The average Bonchev–Trinajstić information content (AvgIpc) is 2.72. The van der Waals surface area contributed by atoms with Gasteiger partial charge in [-0.05, 0) is 66.6 Å². The standard InChI is InChI=1S/C22H19F2NO4S2/c1-14-3-8-20(12-21(14)22(26)29-2)31(27,28)25-18-4-6-19(7-5-18)30-13-15-9-16(23)11-17(24)10-15/h3-12,25H,13H2,1-2H3. The molecule has 3 rings (SSSR count). The lowest BCUT2D eigenvalue weighted by molar-refractivity contribution is 0.0599. The molecule has 0 heterocycles. The van der Waals surface area contributed by atoms with Crippen molar-refractivity contribution in [2.75, 3.05) is 11.8 Å². The smallest absolute Gasteiger partial charge is 0.338 e. The Morgan fingerprint density at radius 2 is 1.65 bits per heavy atom. The van der Waals surface area contributed by atoms with E-state index in [0.717, 1.165) is 11.0 Å². The third-order valence-corrected chi connectivity index (χ3v) is 6.82. The van der Waals surface area contributed by atoms with Crippen molar-refractivity contribution in [3.05, 3.63) is 89.0 Å². The molecule has 1 N–H and O–H groups in total. The van der Waals surface area contributed by atoms with Crippen molar-refractivity contribution in [3.63, 3.8) is 0 Å². The number of anilines is 1. The molecule has 0 saturated heterocycles. The maximum atomic E-state index is 13.3. The van der Waals surface area contributed by atoms with Gasteiger partial charge < -0.3 is 4.74 Å². The highest BCUT2D eigenvalue weighted by atomic mass is 32.2. The Hall–Kier alpha value is -2.91. The molecule has 3 aromatic carbocycles. The number of hydrogen-bond donors (Lipinski definition) is 1. The molecule has 0 radical (unpaired) electrons. The second-order valence-electron chi connectivity index (χ2n) is 6.66. The fourth-order valence-electron chi connectivity index (χ4n) is 2.79. The normalized spacial score (nSPS) is 11.2. The number of ether oxygens (including phenoxy) is 1. The first-order valence-electron chi connectivity index (χ1n) is 9.07. The van der Waals surface area contributed by atoms with Crippen LogP contribution in [0.15, 0.2) is 70.5 Å². The first kappa shape index (κ1) is 22.8. The van der Waals surface area contributed by atoms with Gasteiger partial charge in [0.05, 0.1) is 17.6 Å². The molecule has 0 atom stereocenters. The molecule has 0 aromatic heterocycles. The molecule has 5 nitrogen and oxygen atoms in total. The quantitative estimate of drug-likeness (QED) is 0.387. The van der Waals surface area contributed by atoms with E-state index in [1.54, 1.807) is 31.2 Å². The maximum absolute atomic E-state index is 13.3. The molecule has 0 aliphatic carbocycles. The highest BCUT2D eigenvalue weighted by Crippen LogP contribution is 2.26. The van der Waals surface area contributed by atoms with Crippen molar-refractivity contribution >= 4 is 33.4 Å². The Morgan fingerprint density at radius 1 is 1.00 bits per heavy atom. The van der Waals surface area contributed by atoms with Crippen molar-refractivity contribution in [2.24, 2.45) is 0 Å². The Bertz CT molecular complexity index is 1190. The van der Waals surface area contributed by atoms with E-state index in [-0.39, 0.29) is 10.5 Å². The topological polar surface area (TPSA) is 72.5 Å². The Kier molecular flexibility index (Phi) is 6.97. The molecule has 9 heteroatoms. The van der Waals surface area contributed by atoms with E-state index < -0.39 is 27.6 Å². The number of carbonyl (C=O) groups is 1. The van der Waals surface area contributed by atoms with Gasteiger partial charge in [0.2, 0.25) is 0 Å². The highest BCUT2D eigenvalue weighted by molar-refractivity contribution is 7.98.